The molecule has 3 rings (SSSR count). The van der Waals surface area contributed by atoms with Crippen molar-refractivity contribution < 1.29 is 14.4 Å². The smallest absolute Gasteiger partial charge is 0.236 e. The molecule has 7 heteroatoms. The summed E-state index contributed by atoms with van der Waals surface area (Å²) in [6.07, 6.45) is 2.54. The predicted molar refractivity (Wildman–Crippen MR) is 80.0 cm³/mol. The number of piperazine rings is 1. The lowest BCUT2D eigenvalue weighted by molar-refractivity contribution is -0.138. The van der Waals surface area contributed by atoms with Crippen molar-refractivity contribution >= 4 is 17.7 Å². The lowest BCUT2D eigenvalue weighted by Gasteiger charge is -2.36. The minimum absolute atomic E-state index is 0.0341. The fraction of sp³-hybridized carbons (Fsp3) is 0.800. The van der Waals surface area contributed by atoms with Crippen LogP contribution in [-0.2, 0) is 14.4 Å². The van der Waals surface area contributed by atoms with Gasteiger partial charge in [0, 0.05) is 52.2 Å². The van der Waals surface area contributed by atoms with Gasteiger partial charge in [-0.25, -0.2) is 0 Å². The summed E-state index contributed by atoms with van der Waals surface area (Å²) in [4.78, 5) is 41.6. The topological polar surface area (TPSA) is 73.0 Å². The fourth-order valence-corrected chi connectivity index (χ4v) is 3.42. The number of nitrogens with one attached hydrogen (secondary N) is 1. The largest absolute Gasteiger partial charge is 0.355 e. The zero-order valence-corrected chi connectivity index (χ0v) is 12.9. The minimum Gasteiger partial charge on any atom is -0.355 e. The van der Waals surface area contributed by atoms with Crippen LogP contribution in [0.2, 0.25) is 0 Å². The van der Waals surface area contributed by atoms with Gasteiger partial charge in [0.25, 0.3) is 0 Å². The number of carbonyl (C=O) groups is 3. The predicted octanol–water partition coefficient (Wildman–Crippen LogP) is -1.11. The first-order valence-corrected chi connectivity index (χ1v) is 8.19. The summed E-state index contributed by atoms with van der Waals surface area (Å²) in [5, 5.41) is 2.71. The second kappa shape index (κ2) is 6.64. The summed E-state index contributed by atoms with van der Waals surface area (Å²) in [5.41, 5.74) is 0. The molecular weight excluding hydrogens is 284 g/mol. The van der Waals surface area contributed by atoms with Crippen molar-refractivity contribution in [2.24, 2.45) is 5.92 Å². The van der Waals surface area contributed by atoms with Gasteiger partial charge in [0.1, 0.15) is 0 Å². The average Bonchev–Trinajstić information content (AvgIpc) is 3.18. The number of carbonyl (C=O) groups excluding carboxylic acids is 3. The lowest BCUT2D eigenvalue weighted by atomic mass is 10.1. The first-order valence-electron chi connectivity index (χ1n) is 8.19. The van der Waals surface area contributed by atoms with E-state index in [0.29, 0.717) is 32.6 Å². The second-order valence-corrected chi connectivity index (χ2v) is 6.39. The lowest BCUT2D eigenvalue weighted by Crippen LogP contribution is -2.52. The molecule has 122 valence electrons. The summed E-state index contributed by atoms with van der Waals surface area (Å²) in [6, 6.07) is 0. The zero-order valence-electron chi connectivity index (χ0n) is 12.9. The Morgan fingerprint density at radius 1 is 1.00 bits per heavy atom. The van der Waals surface area contributed by atoms with Crippen LogP contribution in [0.5, 0.6) is 0 Å². The van der Waals surface area contributed by atoms with Crippen molar-refractivity contribution in [2.75, 3.05) is 52.4 Å². The van der Waals surface area contributed by atoms with Crippen LogP contribution in [0.3, 0.4) is 0 Å². The van der Waals surface area contributed by atoms with Gasteiger partial charge in [0.15, 0.2) is 0 Å². The van der Waals surface area contributed by atoms with Gasteiger partial charge in [0.05, 0.1) is 12.5 Å². The number of likely N-dealkylation sites (tertiary alicyclic amines) is 1. The van der Waals surface area contributed by atoms with Gasteiger partial charge >= 0.3 is 0 Å². The highest BCUT2D eigenvalue weighted by Gasteiger charge is 2.33. The highest BCUT2D eigenvalue weighted by atomic mass is 16.2. The van der Waals surface area contributed by atoms with Gasteiger partial charge < -0.3 is 15.1 Å². The third-order valence-corrected chi connectivity index (χ3v) is 4.83. The Labute approximate surface area is 130 Å². The van der Waals surface area contributed by atoms with Gasteiger partial charge in [-0.1, -0.05) is 0 Å². The van der Waals surface area contributed by atoms with Crippen molar-refractivity contribution in [3.05, 3.63) is 0 Å². The van der Waals surface area contributed by atoms with Gasteiger partial charge in [-0.2, -0.15) is 0 Å². The fourth-order valence-electron chi connectivity index (χ4n) is 3.42. The van der Waals surface area contributed by atoms with E-state index in [4.69, 9.17) is 0 Å². The summed E-state index contributed by atoms with van der Waals surface area (Å²) in [6.45, 7) is 5.48. The van der Waals surface area contributed by atoms with Crippen molar-refractivity contribution in [2.45, 2.75) is 19.3 Å². The van der Waals surface area contributed by atoms with Crippen LogP contribution in [0.25, 0.3) is 0 Å². The number of amides is 3. The molecule has 3 fully saturated rings. The Morgan fingerprint density at radius 2 is 1.68 bits per heavy atom. The van der Waals surface area contributed by atoms with Gasteiger partial charge in [-0.3, -0.25) is 19.3 Å². The maximum atomic E-state index is 12.3. The third-order valence-electron chi connectivity index (χ3n) is 4.83. The van der Waals surface area contributed by atoms with E-state index in [1.807, 2.05) is 9.80 Å². The molecule has 3 aliphatic rings. The molecule has 1 atom stereocenters. The van der Waals surface area contributed by atoms with Crippen LogP contribution in [0.1, 0.15) is 19.3 Å². The van der Waals surface area contributed by atoms with E-state index in [0.717, 1.165) is 39.0 Å². The second-order valence-electron chi connectivity index (χ2n) is 6.39. The molecule has 1 N–H and O–H groups in total. The van der Waals surface area contributed by atoms with E-state index >= 15 is 0 Å². The quantitative estimate of drug-likeness (QED) is 0.717. The molecule has 7 nitrogen and oxygen atoms in total. The van der Waals surface area contributed by atoms with Crippen LogP contribution in [-0.4, -0.2) is 84.8 Å². The molecule has 3 aliphatic heterocycles. The molecule has 3 amide bonds. The summed E-state index contributed by atoms with van der Waals surface area (Å²) in [5.74, 6) is 0.0465. The maximum absolute atomic E-state index is 12.3. The molecule has 0 radical (unpaired) electrons. The van der Waals surface area contributed by atoms with Crippen LogP contribution < -0.4 is 5.32 Å². The molecule has 1 unspecified atom stereocenters. The normalized spacial score (nSPS) is 26.4. The molecule has 22 heavy (non-hydrogen) atoms. The van der Waals surface area contributed by atoms with Crippen LogP contribution in [0, 0.1) is 5.92 Å². The molecule has 3 heterocycles. The average molecular weight is 308 g/mol. The molecule has 0 saturated carbocycles. The SMILES string of the molecule is O=C1CC(C(=O)N2CCN(CC(=O)N3CCCC3)CC2)CN1. The summed E-state index contributed by atoms with van der Waals surface area (Å²) >= 11 is 0. The highest BCUT2D eigenvalue weighted by molar-refractivity contribution is 5.89. The first kappa shape index (κ1) is 15.3. The molecule has 0 spiro atoms. The van der Waals surface area contributed by atoms with E-state index in [1.165, 1.54) is 0 Å². The standard InChI is InChI=1S/C15H24N4O3/c20-13-9-12(10-16-13)15(22)19-7-5-17(6-8-19)11-14(21)18-3-1-2-4-18/h12H,1-11H2,(H,16,20). The summed E-state index contributed by atoms with van der Waals surface area (Å²) < 4.78 is 0. The molecule has 0 aliphatic carbocycles. The van der Waals surface area contributed by atoms with Gasteiger partial charge in [0.2, 0.25) is 17.7 Å². The first-order chi connectivity index (χ1) is 10.6. The Bertz CT molecular complexity index is 454. The Kier molecular flexibility index (Phi) is 4.61. The molecule has 0 bridgehead atoms. The van der Waals surface area contributed by atoms with E-state index in [-0.39, 0.29) is 23.6 Å². The monoisotopic (exact) mass is 308 g/mol. The van der Waals surface area contributed by atoms with E-state index < -0.39 is 0 Å². The number of hydrogen-bond donors (Lipinski definition) is 1. The van der Waals surface area contributed by atoms with E-state index in [9.17, 15) is 14.4 Å². The van der Waals surface area contributed by atoms with Crippen molar-refractivity contribution in [1.29, 1.82) is 0 Å². The van der Waals surface area contributed by atoms with E-state index in [2.05, 4.69) is 10.2 Å². The number of hydrogen-bond acceptors (Lipinski definition) is 4. The molecule has 0 aromatic rings. The Balaban J connectivity index is 1.43. The van der Waals surface area contributed by atoms with Crippen molar-refractivity contribution in [3.63, 3.8) is 0 Å². The van der Waals surface area contributed by atoms with Crippen LogP contribution >= 0.6 is 0 Å². The molecule has 0 aromatic heterocycles. The third kappa shape index (κ3) is 3.40. The van der Waals surface area contributed by atoms with Crippen LogP contribution in [0.4, 0.5) is 0 Å². The van der Waals surface area contributed by atoms with E-state index in [1.54, 1.807) is 0 Å². The maximum Gasteiger partial charge on any atom is 0.236 e. The summed E-state index contributed by atoms with van der Waals surface area (Å²) in [7, 11) is 0. The minimum atomic E-state index is -0.203. The van der Waals surface area contributed by atoms with Crippen molar-refractivity contribution in [1.82, 2.24) is 20.0 Å². The van der Waals surface area contributed by atoms with Crippen LogP contribution in [0.15, 0.2) is 0 Å². The highest BCUT2D eigenvalue weighted by Crippen LogP contribution is 2.15. The number of rotatable bonds is 3. The van der Waals surface area contributed by atoms with Gasteiger partial charge in [-0.15, -0.1) is 0 Å². The zero-order chi connectivity index (χ0) is 15.5. The Hall–Kier alpha value is -1.63. The number of nitrogens with zero attached hydrogens (tertiary/aromatic N) is 3. The molecule has 0 aromatic carbocycles. The van der Waals surface area contributed by atoms with Crippen molar-refractivity contribution in [3.8, 4) is 0 Å². The van der Waals surface area contributed by atoms with Gasteiger partial charge in [-0.05, 0) is 12.8 Å². The Morgan fingerprint density at radius 3 is 2.27 bits per heavy atom. The molecular formula is C15H24N4O3. The molecule has 3 saturated heterocycles.